The summed E-state index contributed by atoms with van der Waals surface area (Å²) in [7, 11) is 2.63. The van der Waals surface area contributed by atoms with E-state index in [4.69, 9.17) is 9.47 Å². The van der Waals surface area contributed by atoms with Gasteiger partial charge < -0.3 is 9.47 Å². The zero-order chi connectivity index (χ0) is 23.1. The van der Waals surface area contributed by atoms with E-state index >= 15 is 0 Å². The van der Waals surface area contributed by atoms with E-state index in [0.29, 0.717) is 23.3 Å². The van der Waals surface area contributed by atoms with Crippen LogP contribution in [0.1, 0.15) is 13.8 Å². The number of guanidine groups is 2. The Hall–Kier alpha value is -4.20. The fourth-order valence-corrected chi connectivity index (χ4v) is 2.99. The van der Waals surface area contributed by atoms with Crippen LogP contribution in [-0.2, 0) is 19.1 Å². The van der Waals surface area contributed by atoms with Gasteiger partial charge in [0.15, 0.2) is 0 Å². The van der Waals surface area contributed by atoms with Crippen LogP contribution in [0.15, 0.2) is 94.2 Å². The first-order valence-electron chi connectivity index (χ1n) is 9.85. The Kier molecular flexibility index (Phi) is 7.17. The van der Waals surface area contributed by atoms with Crippen molar-refractivity contribution < 1.29 is 19.1 Å². The number of aliphatic imine (C=N–C) groups is 2. The molecule has 8 nitrogen and oxygen atoms in total. The minimum atomic E-state index is -0.491. The summed E-state index contributed by atoms with van der Waals surface area (Å²) >= 11 is 0. The smallest absolute Gasteiger partial charge is 0.332 e. The second kappa shape index (κ2) is 10.2. The van der Waals surface area contributed by atoms with E-state index in [0.717, 1.165) is 11.4 Å². The van der Waals surface area contributed by atoms with E-state index in [2.05, 4.69) is 9.98 Å². The predicted molar refractivity (Wildman–Crippen MR) is 124 cm³/mol. The van der Waals surface area contributed by atoms with Crippen molar-refractivity contribution >= 4 is 35.2 Å². The van der Waals surface area contributed by atoms with Crippen LogP contribution in [0.25, 0.3) is 0 Å². The highest BCUT2D eigenvalue weighted by molar-refractivity contribution is 6.44. The molecule has 164 valence electrons. The average Bonchev–Trinajstić information content (AvgIpc) is 2.79. The lowest BCUT2D eigenvalue weighted by Gasteiger charge is -2.46. The molecule has 0 saturated carbocycles. The Labute approximate surface area is 186 Å². The van der Waals surface area contributed by atoms with Gasteiger partial charge in [0.05, 0.1) is 25.6 Å². The zero-order valence-electron chi connectivity index (χ0n) is 18.4. The van der Waals surface area contributed by atoms with Crippen molar-refractivity contribution in [1.82, 2.24) is 0 Å². The quantitative estimate of drug-likeness (QED) is 0.509. The molecule has 1 fully saturated rings. The second-order valence-electron chi connectivity index (χ2n) is 6.78. The number of carbonyl (C=O) groups excluding carboxylic acids is 2. The first-order valence-corrected chi connectivity index (χ1v) is 9.85. The molecule has 8 heteroatoms. The highest BCUT2D eigenvalue weighted by Gasteiger charge is 2.41. The molecule has 0 bridgehead atoms. The number of benzene rings is 2. The van der Waals surface area contributed by atoms with Crippen molar-refractivity contribution in [1.29, 1.82) is 0 Å². The molecular formula is C24H24N4O4. The Morgan fingerprint density at radius 3 is 1.34 bits per heavy atom. The number of hydrogen-bond donors (Lipinski definition) is 0. The maximum Gasteiger partial charge on any atom is 0.332 e. The number of anilines is 2. The summed E-state index contributed by atoms with van der Waals surface area (Å²) in [5.41, 5.74) is 2.59. The number of nitrogens with zero attached hydrogens (tertiary/aromatic N) is 4. The van der Waals surface area contributed by atoms with Crippen molar-refractivity contribution in [3.63, 3.8) is 0 Å². The molecule has 32 heavy (non-hydrogen) atoms. The fraction of sp³-hybridized carbons (Fsp3) is 0.167. The highest BCUT2D eigenvalue weighted by Crippen LogP contribution is 2.32. The van der Waals surface area contributed by atoms with E-state index in [1.165, 1.54) is 26.4 Å². The fourth-order valence-electron chi connectivity index (χ4n) is 2.99. The molecule has 0 atom stereocenters. The third kappa shape index (κ3) is 5.10. The van der Waals surface area contributed by atoms with Crippen molar-refractivity contribution in [2.45, 2.75) is 13.8 Å². The third-order valence-electron chi connectivity index (χ3n) is 4.44. The number of rotatable bonds is 6. The molecule has 0 N–H and O–H groups in total. The minimum Gasteiger partial charge on any atom is -0.466 e. The van der Waals surface area contributed by atoms with Crippen LogP contribution in [0, 0.1) is 0 Å². The van der Waals surface area contributed by atoms with Crippen molar-refractivity contribution in [2.24, 2.45) is 9.98 Å². The Morgan fingerprint density at radius 1 is 0.688 bits per heavy atom. The van der Waals surface area contributed by atoms with Gasteiger partial charge >= 0.3 is 11.9 Å². The standard InChI is InChI=1S/C24H24N4O4/c1-17(15-21(29)31-3)25-23-27(19-11-7-5-8-12-19)24(26-18(2)16-22(30)32-4)28(23)20-13-9-6-10-14-20/h5-16H,1-4H3/b17-15+,18-16+,25-23?,26-24?. The molecule has 1 heterocycles. The Morgan fingerprint density at radius 2 is 1.03 bits per heavy atom. The monoisotopic (exact) mass is 432 g/mol. The number of esters is 2. The van der Waals surface area contributed by atoms with Gasteiger partial charge in [-0.2, -0.15) is 0 Å². The summed E-state index contributed by atoms with van der Waals surface area (Å²) in [5, 5.41) is 0. The molecule has 1 aliphatic heterocycles. The summed E-state index contributed by atoms with van der Waals surface area (Å²) in [6.45, 7) is 3.43. The number of carbonyl (C=O) groups is 2. The average molecular weight is 432 g/mol. The normalized spacial score (nSPS) is 14.0. The molecule has 0 aliphatic carbocycles. The summed E-state index contributed by atoms with van der Waals surface area (Å²) < 4.78 is 9.42. The highest BCUT2D eigenvalue weighted by atomic mass is 16.5. The molecule has 1 aliphatic rings. The Balaban J connectivity index is 2.16. The molecule has 1 saturated heterocycles. The molecular weight excluding hydrogens is 408 g/mol. The number of methoxy groups -OCH3 is 2. The first-order chi connectivity index (χ1) is 15.4. The van der Waals surface area contributed by atoms with Crippen LogP contribution in [-0.4, -0.2) is 38.1 Å². The number of ether oxygens (including phenoxy) is 2. The van der Waals surface area contributed by atoms with E-state index in [1.54, 1.807) is 13.8 Å². The van der Waals surface area contributed by atoms with Crippen LogP contribution in [0.4, 0.5) is 11.4 Å². The minimum absolute atomic E-state index is 0.467. The van der Waals surface area contributed by atoms with Gasteiger partial charge in [0.25, 0.3) is 0 Å². The van der Waals surface area contributed by atoms with Gasteiger partial charge in [0.1, 0.15) is 0 Å². The van der Waals surface area contributed by atoms with E-state index < -0.39 is 11.9 Å². The van der Waals surface area contributed by atoms with Crippen LogP contribution < -0.4 is 9.80 Å². The van der Waals surface area contributed by atoms with Crippen LogP contribution in [0.2, 0.25) is 0 Å². The summed E-state index contributed by atoms with van der Waals surface area (Å²) in [4.78, 5) is 36.4. The lowest BCUT2D eigenvalue weighted by atomic mass is 10.2. The SMILES string of the molecule is COC(=O)/C=C(\C)N=C1N(c2ccccc2)C(=N/C(C)=C/C(=O)OC)N1c1ccccc1. The van der Waals surface area contributed by atoms with Crippen LogP contribution in [0.3, 0.4) is 0 Å². The van der Waals surface area contributed by atoms with Gasteiger partial charge in [-0.1, -0.05) is 36.4 Å². The van der Waals surface area contributed by atoms with Gasteiger partial charge in [-0.15, -0.1) is 0 Å². The van der Waals surface area contributed by atoms with E-state index in [9.17, 15) is 9.59 Å². The molecule has 0 amide bonds. The summed E-state index contributed by atoms with van der Waals surface area (Å²) in [5.74, 6) is 0.109. The summed E-state index contributed by atoms with van der Waals surface area (Å²) in [6.07, 6.45) is 2.63. The molecule has 2 aromatic rings. The molecule has 2 aromatic carbocycles. The molecule has 0 unspecified atom stereocenters. The van der Waals surface area contributed by atoms with E-state index in [1.807, 2.05) is 70.5 Å². The zero-order valence-corrected chi connectivity index (χ0v) is 18.4. The van der Waals surface area contributed by atoms with Gasteiger partial charge in [-0.25, -0.2) is 29.4 Å². The van der Waals surface area contributed by atoms with Gasteiger partial charge in [-0.05, 0) is 38.1 Å². The third-order valence-corrected chi connectivity index (χ3v) is 4.44. The number of hydrogen-bond acceptors (Lipinski definition) is 6. The van der Waals surface area contributed by atoms with Crippen molar-refractivity contribution in [3.05, 3.63) is 84.2 Å². The first kappa shape index (κ1) is 22.5. The lowest BCUT2D eigenvalue weighted by Crippen LogP contribution is -2.66. The van der Waals surface area contributed by atoms with Gasteiger partial charge in [0, 0.05) is 23.5 Å². The second-order valence-corrected chi connectivity index (χ2v) is 6.78. The molecule has 0 spiro atoms. The van der Waals surface area contributed by atoms with E-state index in [-0.39, 0.29) is 0 Å². The predicted octanol–water partition coefficient (Wildman–Crippen LogP) is 3.88. The number of allylic oxidation sites excluding steroid dienone is 2. The van der Waals surface area contributed by atoms with Gasteiger partial charge in [0.2, 0.25) is 11.9 Å². The maximum atomic E-state index is 11.7. The molecule has 0 radical (unpaired) electrons. The number of para-hydroxylation sites is 2. The van der Waals surface area contributed by atoms with Crippen LogP contribution >= 0.6 is 0 Å². The Bertz CT molecular complexity index is 1000. The maximum absolute atomic E-state index is 11.7. The van der Waals surface area contributed by atoms with Crippen molar-refractivity contribution in [3.8, 4) is 0 Å². The molecule has 0 aromatic heterocycles. The topological polar surface area (TPSA) is 83.8 Å². The van der Waals surface area contributed by atoms with Crippen LogP contribution in [0.5, 0.6) is 0 Å². The lowest BCUT2D eigenvalue weighted by molar-refractivity contribution is -0.135. The summed E-state index contributed by atoms with van der Waals surface area (Å²) in [6, 6.07) is 19.1. The largest absolute Gasteiger partial charge is 0.466 e. The van der Waals surface area contributed by atoms with Gasteiger partial charge in [-0.3, -0.25) is 0 Å². The molecule has 3 rings (SSSR count). The van der Waals surface area contributed by atoms with Crippen molar-refractivity contribution in [2.75, 3.05) is 24.0 Å².